The Bertz CT molecular complexity index is 1700. The maximum Gasteiger partial charge on any atom is 0.169 e. The van der Waals surface area contributed by atoms with Gasteiger partial charge in [0.05, 0.1) is 33.5 Å². The lowest BCUT2D eigenvalue weighted by Gasteiger charge is -2.06. The Hall–Kier alpha value is -4.92. The minimum Gasteiger partial charge on any atom is -0.504 e. The summed E-state index contributed by atoms with van der Waals surface area (Å²) in [4.78, 5) is 9.27. The number of hydrogen-bond donors (Lipinski definition) is 9. The van der Waals surface area contributed by atoms with Crippen LogP contribution in [0.5, 0.6) is 34.5 Å². The number of hydrogen-bond acceptors (Lipinski definition) is 6. The molecule has 3 aromatic carbocycles. The molecule has 0 atom stereocenters. The molecule has 0 aliphatic carbocycles. The van der Waals surface area contributed by atoms with Gasteiger partial charge in [-0.05, 0) is 30.3 Å². The minimum atomic E-state index is -0.363. The van der Waals surface area contributed by atoms with Crippen molar-refractivity contribution in [1.29, 1.82) is 0 Å². The maximum atomic E-state index is 10.7. The second-order valence-corrected chi connectivity index (χ2v) is 7.94. The number of benzene rings is 3. The summed E-state index contributed by atoms with van der Waals surface area (Å²) in [5.74, 6) is -1.89. The highest BCUT2D eigenvalue weighted by atomic mass is 16.3. The smallest absolute Gasteiger partial charge is 0.169 e. The number of phenols is 6. The fourth-order valence-corrected chi connectivity index (χ4v) is 4.39. The first kappa shape index (κ1) is 18.8. The quantitative estimate of drug-likeness (QED) is 0.176. The Kier molecular flexibility index (Phi) is 3.59. The van der Waals surface area contributed by atoms with Crippen LogP contribution in [0.1, 0.15) is 0 Å². The molecule has 6 rings (SSSR count). The van der Waals surface area contributed by atoms with Crippen molar-refractivity contribution in [1.82, 2.24) is 15.0 Å². The number of rotatable bonds is 2. The third-order valence-electron chi connectivity index (χ3n) is 5.93. The van der Waals surface area contributed by atoms with Crippen molar-refractivity contribution in [3.05, 3.63) is 48.7 Å². The predicted octanol–water partition coefficient (Wildman–Crippen LogP) is 4.70. The minimum absolute atomic E-state index is 0.281. The molecule has 3 heterocycles. The molecule has 6 aromatic rings. The van der Waals surface area contributed by atoms with Crippen molar-refractivity contribution >= 4 is 32.7 Å². The van der Waals surface area contributed by atoms with Crippen LogP contribution < -0.4 is 0 Å². The average molecular weight is 443 g/mol. The number of H-pyrrole nitrogens is 3. The van der Waals surface area contributed by atoms with E-state index >= 15 is 0 Å². The summed E-state index contributed by atoms with van der Waals surface area (Å²) in [6.07, 6.45) is 1.69. The Labute approximate surface area is 184 Å². The number of fused-ring (bicyclic) bond motifs is 3. The zero-order chi connectivity index (χ0) is 23.0. The molecule has 0 aliphatic rings. The molecule has 0 amide bonds. The van der Waals surface area contributed by atoms with Gasteiger partial charge in [-0.2, -0.15) is 0 Å². The monoisotopic (exact) mass is 443 g/mol. The average Bonchev–Trinajstić information content (AvgIpc) is 3.48. The van der Waals surface area contributed by atoms with Crippen LogP contribution in [0, 0.1) is 0 Å². The van der Waals surface area contributed by atoms with Gasteiger partial charge in [0.25, 0.3) is 0 Å². The molecule has 0 aliphatic heterocycles. The van der Waals surface area contributed by atoms with Gasteiger partial charge in [-0.25, -0.2) is 0 Å². The number of phenolic OH excluding ortho intramolecular Hbond substituents is 6. The number of aromatic hydroxyl groups is 6. The van der Waals surface area contributed by atoms with Crippen molar-refractivity contribution in [3.8, 4) is 57.0 Å². The zero-order valence-electron chi connectivity index (χ0n) is 16.8. The van der Waals surface area contributed by atoms with Gasteiger partial charge in [-0.1, -0.05) is 0 Å². The molecule has 0 fully saturated rings. The fraction of sp³-hybridized carbons (Fsp3) is 0. The van der Waals surface area contributed by atoms with E-state index in [9.17, 15) is 30.6 Å². The van der Waals surface area contributed by atoms with Gasteiger partial charge >= 0.3 is 0 Å². The summed E-state index contributed by atoms with van der Waals surface area (Å²) in [5, 5.41) is 63.3. The highest BCUT2D eigenvalue weighted by Gasteiger charge is 2.22. The third-order valence-corrected chi connectivity index (χ3v) is 5.93. The molecule has 33 heavy (non-hydrogen) atoms. The zero-order valence-corrected chi connectivity index (χ0v) is 16.8. The summed E-state index contributed by atoms with van der Waals surface area (Å²) >= 11 is 0. The van der Waals surface area contributed by atoms with Crippen molar-refractivity contribution in [2.24, 2.45) is 0 Å². The van der Waals surface area contributed by atoms with Crippen molar-refractivity contribution in [2.75, 3.05) is 0 Å². The van der Waals surface area contributed by atoms with E-state index in [0.717, 1.165) is 0 Å². The molecule has 9 N–H and O–H groups in total. The van der Waals surface area contributed by atoms with Crippen LogP contribution in [0.2, 0.25) is 0 Å². The maximum absolute atomic E-state index is 10.7. The first-order chi connectivity index (χ1) is 15.8. The number of nitrogens with one attached hydrogen (secondary N) is 3. The summed E-state index contributed by atoms with van der Waals surface area (Å²) in [6, 6.07) is 10.7. The summed E-state index contributed by atoms with van der Waals surface area (Å²) in [6.45, 7) is 0. The number of aromatic nitrogens is 3. The molecule has 0 saturated heterocycles. The molecule has 164 valence electrons. The van der Waals surface area contributed by atoms with Crippen LogP contribution in [0.4, 0.5) is 0 Å². The Morgan fingerprint density at radius 1 is 0.545 bits per heavy atom. The van der Waals surface area contributed by atoms with Gasteiger partial charge < -0.3 is 45.6 Å². The standard InChI is InChI=1S/C24H17N3O6/c28-16-5-10-3-14(26-12(10)7-17(16)29)20-11-6-15(27-13(11)8-19(31)23(20)32)21-22-9(1-2-25-22)4-18(30)24(21)33/h1-8,25-33H. The lowest BCUT2D eigenvalue weighted by molar-refractivity contribution is 0.405. The second-order valence-electron chi connectivity index (χ2n) is 7.94. The van der Waals surface area contributed by atoms with Gasteiger partial charge in [-0.3, -0.25) is 0 Å². The predicted molar refractivity (Wildman–Crippen MR) is 123 cm³/mol. The molecular formula is C24H17N3O6. The van der Waals surface area contributed by atoms with Crippen molar-refractivity contribution in [2.45, 2.75) is 0 Å². The van der Waals surface area contributed by atoms with Crippen molar-refractivity contribution in [3.63, 3.8) is 0 Å². The van der Waals surface area contributed by atoms with Gasteiger partial charge in [0.15, 0.2) is 34.5 Å². The van der Waals surface area contributed by atoms with Crippen LogP contribution in [0.25, 0.3) is 55.2 Å². The molecule has 9 nitrogen and oxygen atoms in total. The van der Waals surface area contributed by atoms with E-state index in [4.69, 9.17) is 0 Å². The highest BCUT2D eigenvalue weighted by Crippen LogP contribution is 2.47. The first-order valence-electron chi connectivity index (χ1n) is 9.97. The normalized spacial score (nSPS) is 11.8. The topological polar surface area (TPSA) is 169 Å². The van der Waals surface area contributed by atoms with Crippen LogP contribution in [0.15, 0.2) is 48.7 Å². The largest absolute Gasteiger partial charge is 0.504 e. The second kappa shape index (κ2) is 6.30. The van der Waals surface area contributed by atoms with E-state index in [1.807, 2.05) is 0 Å². The number of aromatic amines is 3. The van der Waals surface area contributed by atoms with Crippen LogP contribution >= 0.6 is 0 Å². The van der Waals surface area contributed by atoms with E-state index in [2.05, 4.69) is 15.0 Å². The van der Waals surface area contributed by atoms with Crippen LogP contribution in [-0.2, 0) is 0 Å². The summed E-state index contributed by atoms with van der Waals surface area (Å²) < 4.78 is 0. The van der Waals surface area contributed by atoms with E-state index in [1.165, 1.54) is 24.3 Å². The SMILES string of the molecule is Oc1cc2cc(-c3c(O)c(O)cc4[nH]c(-c5c(O)c(O)cc6cc[nH]c56)cc34)[nH]c2cc1O. The van der Waals surface area contributed by atoms with Crippen molar-refractivity contribution < 1.29 is 30.6 Å². The highest BCUT2D eigenvalue weighted by molar-refractivity contribution is 6.07. The molecule has 9 heteroatoms. The van der Waals surface area contributed by atoms with Gasteiger partial charge in [0.1, 0.15) is 0 Å². The van der Waals surface area contributed by atoms with Crippen LogP contribution in [-0.4, -0.2) is 45.6 Å². The van der Waals surface area contributed by atoms with Gasteiger partial charge in [0.2, 0.25) is 0 Å². The van der Waals surface area contributed by atoms with Gasteiger partial charge in [-0.15, -0.1) is 0 Å². The molecule has 3 aromatic heterocycles. The molecule has 0 unspecified atom stereocenters. The van der Waals surface area contributed by atoms with E-state index in [-0.39, 0.29) is 40.1 Å². The lowest BCUT2D eigenvalue weighted by Crippen LogP contribution is -1.83. The third kappa shape index (κ3) is 2.59. The molecule has 0 spiro atoms. The summed E-state index contributed by atoms with van der Waals surface area (Å²) in [5.41, 5.74) is 3.09. The Morgan fingerprint density at radius 2 is 1.15 bits per heavy atom. The molecule has 0 radical (unpaired) electrons. The van der Waals surface area contributed by atoms with Gasteiger partial charge in [0, 0.05) is 40.0 Å². The lowest BCUT2D eigenvalue weighted by atomic mass is 10.0. The van der Waals surface area contributed by atoms with E-state index < -0.39 is 0 Å². The van der Waals surface area contributed by atoms with E-state index in [1.54, 1.807) is 24.4 Å². The molecular weight excluding hydrogens is 426 g/mol. The Morgan fingerprint density at radius 3 is 1.97 bits per heavy atom. The van der Waals surface area contributed by atoms with E-state index in [0.29, 0.717) is 49.7 Å². The first-order valence-corrected chi connectivity index (χ1v) is 9.97. The fourth-order valence-electron chi connectivity index (χ4n) is 4.39. The summed E-state index contributed by atoms with van der Waals surface area (Å²) in [7, 11) is 0. The molecule has 0 saturated carbocycles. The Balaban J connectivity index is 1.65. The molecule has 0 bridgehead atoms. The van der Waals surface area contributed by atoms with Crippen LogP contribution in [0.3, 0.4) is 0 Å².